The van der Waals surface area contributed by atoms with Gasteiger partial charge in [0.15, 0.2) is 0 Å². The summed E-state index contributed by atoms with van der Waals surface area (Å²) in [5.41, 5.74) is 2.19. The van der Waals surface area contributed by atoms with Gasteiger partial charge >= 0.3 is 0 Å². The van der Waals surface area contributed by atoms with Crippen molar-refractivity contribution in [3.8, 4) is 0 Å². The van der Waals surface area contributed by atoms with Gasteiger partial charge in [-0.1, -0.05) is 119 Å². The Bertz CT molecular complexity index is 777. The van der Waals surface area contributed by atoms with Crippen molar-refractivity contribution >= 4 is 8.07 Å². The van der Waals surface area contributed by atoms with Crippen LogP contribution in [0.3, 0.4) is 0 Å². The minimum absolute atomic E-state index is 0.888. The maximum atomic E-state index is 2.99. The molecule has 236 valence electrons. The lowest BCUT2D eigenvalue weighted by Crippen LogP contribution is -2.49. The summed E-state index contributed by atoms with van der Waals surface area (Å²) in [6, 6.07) is 0. The van der Waals surface area contributed by atoms with Crippen LogP contribution in [0, 0.1) is 82.9 Å². The third-order valence-electron chi connectivity index (χ3n) is 16.1. The number of fused-ring (bicyclic) bond motifs is 2. The van der Waals surface area contributed by atoms with E-state index in [0.717, 1.165) is 93.9 Å². The molecule has 0 saturated heterocycles. The molecular formula is C40H72Si. The SMILES string of the molecule is CC(C)C1CC(C2CCCCC2)C2CC(C)C([Si](C)(C)C3C(C)CC4C(C5CCCCC5)CC(C(C)C)CC43)C2C1. The van der Waals surface area contributed by atoms with Crippen LogP contribution in [0.25, 0.3) is 0 Å². The highest BCUT2D eigenvalue weighted by Crippen LogP contribution is 2.68. The number of hydrogen-bond acceptors (Lipinski definition) is 0. The van der Waals surface area contributed by atoms with Gasteiger partial charge in [-0.25, -0.2) is 0 Å². The Morgan fingerprint density at radius 3 is 1.12 bits per heavy atom. The molecule has 12 atom stereocenters. The molecule has 6 aliphatic carbocycles. The maximum Gasteiger partial charge on any atom is 0.0546 e. The van der Waals surface area contributed by atoms with Gasteiger partial charge in [0, 0.05) is 0 Å². The fourth-order valence-electron chi connectivity index (χ4n) is 14.5. The molecular weight excluding hydrogens is 509 g/mol. The van der Waals surface area contributed by atoms with Crippen molar-refractivity contribution in [3.05, 3.63) is 0 Å². The monoisotopic (exact) mass is 581 g/mol. The predicted molar refractivity (Wildman–Crippen MR) is 182 cm³/mol. The minimum Gasteiger partial charge on any atom is -0.0689 e. The van der Waals surface area contributed by atoms with Crippen molar-refractivity contribution in [3.63, 3.8) is 0 Å². The van der Waals surface area contributed by atoms with Gasteiger partial charge in [0.05, 0.1) is 8.07 Å². The van der Waals surface area contributed by atoms with E-state index in [2.05, 4.69) is 54.6 Å². The molecule has 6 aliphatic rings. The summed E-state index contributed by atoms with van der Waals surface area (Å²) in [5.74, 6) is 14.4. The highest BCUT2D eigenvalue weighted by Gasteiger charge is 2.61. The van der Waals surface area contributed by atoms with E-state index in [1.807, 2.05) is 0 Å². The molecule has 1 heteroatoms. The molecule has 6 fully saturated rings. The molecule has 12 unspecified atom stereocenters. The summed E-state index contributed by atoms with van der Waals surface area (Å²) in [7, 11) is -1.47. The van der Waals surface area contributed by atoms with Gasteiger partial charge in [0.25, 0.3) is 0 Å². The molecule has 0 nitrogen and oxygen atoms in total. The quantitative estimate of drug-likeness (QED) is 0.274. The molecule has 0 aromatic rings. The third kappa shape index (κ3) is 5.85. The van der Waals surface area contributed by atoms with Crippen LogP contribution >= 0.6 is 0 Å². The molecule has 0 aromatic carbocycles. The fourth-order valence-corrected chi connectivity index (χ4v) is 21.2. The summed E-state index contributed by atoms with van der Waals surface area (Å²) in [6.07, 6.45) is 25.1. The first-order valence-electron chi connectivity index (χ1n) is 19.6. The van der Waals surface area contributed by atoms with Crippen molar-refractivity contribution < 1.29 is 0 Å². The van der Waals surface area contributed by atoms with E-state index in [1.165, 1.54) is 38.5 Å². The second kappa shape index (κ2) is 12.5. The average Bonchev–Trinajstić information content (AvgIpc) is 3.48. The molecule has 6 saturated carbocycles. The van der Waals surface area contributed by atoms with Gasteiger partial charge in [0.2, 0.25) is 0 Å². The predicted octanol–water partition coefficient (Wildman–Crippen LogP) is 12.5. The summed E-state index contributed by atoms with van der Waals surface area (Å²) in [6.45, 7) is 21.9. The topological polar surface area (TPSA) is 0 Å². The van der Waals surface area contributed by atoms with Crippen LogP contribution in [-0.4, -0.2) is 8.07 Å². The zero-order chi connectivity index (χ0) is 29.1. The van der Waals surface area contributed by atoms with Crippen molar-refractivity contribution in [2.24, 2.45) is 82.9 Å². The van der Waals surface area contributed by atoms with Crippen LogP contribution in [0.2, 0.25) is 24.2 Å². The lowest BCUT2D eigenvalue weighted by molar-refractivity contribution is 0.0450. The first-order chi connectivity index (χ1) is 19.6. The Hall–Kier alpha value is 0.217. The lowest BCUT2D eigenvalue weighted by atomic mass is 9.60. The molecule has 0 amide bonds. The number of hydrogen-bond donors (Lipinski definition) is 0. The summed E-state index contributed by atoms with van der Waals surface area (Å²) in [4.78, 5) is 0. The highest BCUT2D eigenvalue weighted by atomic mass is 28.3. The fraction of sp³-hybridized carbons (Fsp3) is 1.00. The minimum atomic E-state index is -1.47. The first-order valence-corrected chi connectivity index (χ1v) is 22.7. The van der Waals surface area contributed by atoms with Gasteiger partial charge in [-0.2, -0.15) is 0 Å². The van der Waals surface area contributed by atoms with Gasteiger partial charge < -0.3 is 0 Å². The van der Waals surface area contributed by atoms with Crippen molar-refractivity contribution in [1.82, 2.24) is 0 Å². The number of rotatable bonds is 6. The van der Waals surface area contributed by atoms with Crippen LogP contribution < -0.4 is 0 Å². The van der Waals surface area contributed by atoms with Crippen LogP contribution in [0.15, 0.2) is 0 Å². The van der Waals surface area contributed by atoms with Gasteiger partial charge in [0.1, 0.15) is 0 Å². The van der Waals surface area contributed by atoms with Crippen LogP contribution in [0.1, 0.15) is 144 Å². The Balaban J connectivity index is 1.29. The zero-order valence-corrected chi connectivity index (χ0v) is 30.1. The maximum absolute atomic E-state index is 2.99. The largest absolute Gasteiger partial charge is 0.0689 e. The molecule has 0 bridgehead atoms. The highest BCUT2D eigenvalue weighted by molar-refractivity contribution is 6.80. The third-order valence-corrected chi connectivity index (χ3v) is 21.5. The van der Waals surface area contributed by atoms with Crippen molar-refractivity contribution in [2.45, 2.75) is 168 Å². The zero-order valence-electron chi connectivity index (χ0n) is 29.1. The van der Waals surface area contributed by atoms with E-state index in [-0.39, 0.29) is 0 Å². The normalized spacial score (nSPS) is 46.7. The average molecular weight is 581 g/mol. The molecule has 41 heavy (non-hydrogen) atoms. The van der Waals surface area contributed by atoms with Gasteiger partial charge in [-0.15, -0.1) is 0 Å². The standard InChI is InChI=1S/C40H72Si/c1-25(2)31-21-33(29-15-11-9-12-16-29)35-19-27(5)39(37(35)23-31)41(7,8)40-28(6)20-36-34(30-17-13-10-14-18-30)22-32(26(3)4)24-38(36)40/h25-40H,9-24H2,1-8H3. The Labute approximate surface area is 258 Å². The summed E-state index contributed by atoms with van der Waals surface area (Å²) >= 11 is 0. The summed E-state index contributed by atoms with van der Waals surface area (Å²) < 4.78 is 0. The van der Waals surface area contributed by atoms with E-state index in [0.29, 0.717) is 0 Å². The van der Waals surface area contributed by atoms with E-state index in [9.17, 15) is 0 Å². The smallest absolute Gasteiger partial charge is 0.0546 e. The molecule has 6 rings (SSSR count). The van der Waals surface area contributed by atoms with Gasteiger partial charge in [-0.05, 0) is 132 Å². The lowest BCUT2D eigenvalue weighted by Gasteiger charge is -2.52. The van der Waals surface area contributed by atoms with Crippen LogP contribution in [0.5, 0.6) is 0 Å². The Morgan fingerprint density at radius 2 is 0.780 bits per heavy atom. The molecule has 0 spiro atoms. The van der Waals surface area contributed by atoms with E-state index in [4.69, 9.17) is 0 Å². The first kappa shape index (κ1) is 31.2. The van der Waals surface area contributed by atoms with Gasteiger partial charge in [-0.3, -0.25) is 0 Å². The molecule has 0 aromatic heterocycles. The molecule has 0 aliphatic heterocycles. The van der Waals surface area contributed by atoms with Crippen molar-refractivity contribution in [2.75, 3.05) is 0 Å². The van der Waals surface area contributed by atoms with Crippen LogP contribution in [0.4, 0.5) is 0 Å². The van der Waals surface area contributed by atoms with E-state index < -0.39 is 8.07 Å². The summed E-state index contributed by atoms with van der Waals surface area (Å²) in [5, 5.41) is 0. The molecule has 0 N–H and O–H groups in total. The Kier molecular flexibility index (Phi) is 9.55. The second-order valence-corrected chi connectivity index (χ2v) is 24.0. The van der Waals surface area contributed by atoms with Crippen molar-refractivity contribution in [1.29, 1.82) is 0 Å². The molecule has 0 heterocycles. The van der Waals surface area contributed by atoms with E-state index >= 15 is 0 Å². The molecule has 0 radical (unpaired) electrons. The second-order valence-electron chi connectivity index (χ2n) is 19.0. The van der Waals surface area contributed by atoms with E-state index in [1.54, 1.807) is 64.2 Å². The Morgan fingerprint density at radius 1 is 0.439 bits per heavy atom. The van der Waals surface area contributed by atoms with Crippen LogP contribution in [-0.2, 0) is 0 Å².